The number of hydrogen-bond donors (Lipinski definition) is 1. The molecule has 0 spiro atoms. The fourth-order valence-corrected chi connectivity index (χ4v) is 3.67. The van der Waals surface area contributed by atoms with Gasteiger partial charge in [-0.25, -0.2) is 15.0 Å². The number of nitrogens with one attached hydrogen (secondary N) is 1. The number of likely N-dealkylation sites (tertiary alicyclic amines) is 1. The van der Waals surface area contributed by atoms with Crippen LogP contribution < -0.4 is 5.32 Å². The molecule has 0 amide bonds. The number of anilines is 1. The Labute approximate surface area is 153 Å². The van der Waals surface area contributed by atoms with E-state index in [-0.39, 0.29) is 0 Å². The maximum atomic E-state index is 4.54. The van der Waals surface area contributed by atoms with E-state index < -0.39 is 0 Å². The lowest BCUT2D eigenvalue weighted by Crippen LogP contribution is -2.39. The fraction of sp³-hybridized carbons (Fsp3) is 0.400. The highest BCUT2D eigenvalue weighted by Crippen LogP contribution is 2.25. The van der Waals surface area contributed by atoms with Gasteiger partial charge in [0.05, 0.1) is 11.1 Å². The van der Waals surface area contributed by atoms with Crippen LogP contribution in [0.15, 0.2) is 36.8 Å². The van der Waals surface area contributed by atoms with Crippen molar-refractivity contribution in [3.05, 3.63) is 53.7 Å². The van der Waals surface area contributed by atoms with Crippen LogP contribution in [0.5, 0.6) is 0 Å². The van der Waals surface area contributed by atoms with Gasteiger partial charge in [-0.1, -0.05) is 6.07 Å². The van der Waals surface area contributed by atoms with Gasteiger partial charge in [-0.15, -0.1) is 0 Å². The Hall–Kier alpha value is -2.60. The van der Waals surface area contributed by atoms with Gasteiger partial charge in [-0.3, -0.25) is 9.88 Å². The predicted molar refractivity (Wildman–Crippen MR) is 103 cm³/mol. The van der Waals surface area contributed by atoms with Crippen LogP contribution in [0.3, 0.4) is 0 Å². The van der Waals surface area contributed by atoms with Crippen LogP contribution in [0.2, 0.25) is 0 Å². The molecule has 1 aliphatic rings. The zero-order valence-corrected chi connectivity index (χ0v) is 15.3. The van der Waals surface area contributed by atoms with Gasteiger partial charge in [0.15, 0.2) is 5.65 Å². The first kappa shape index (κ1) is 16.8. The molecule has 4 rings (SSSR count). The van der Waals surface area contributed by atoms with Crippen LogP contribution in [0.25, 0.3) is 11.0 Å². The van der Waals surface area contributed by atoms with E-state index in [0.29, 0.717) is 6.04 Å². The van der Waals surface area contributed by atoms with E-state index >= 15 is 0 Å². The highest BCUT2D eigenvalue weighted by atomic mass is 15.2. The molecule has 1 N–H and O–H groups in total. The Morgan fingerprint density at radius 1 is 1.12 bits per heavy atom. The molecule has 6 heteroatoms. The summed E-state index contributed by atoms with van der Waals surface area (Å²) in [7, 11) is 0. The number of nitrogens with zero attached hydrogens (tertiary/aromatic N) is 5. The number of aryl methyl sites for hydroxylation is 2. The molecule has 1 saturated heterocycles. The summed E-state index contributed by atoms with van der Waals surface area (Å²) in [4.78, 5) is 20.3. The van der Waals surface area contributed by atoms with Gasteiger partial charge in [0.25, 0.3) is 0 Å². The summed E-state index contributed by atoms with van der Waals surface area (Å²) in [6.07, 6.45) is 5.65. The zero-order valence-electron chi connectivity index (χ0n) is 15.3. The monoisotopic (exact) mass is 348 g/mol. The number of piperidine rings is 1. The number of aromatic nitrogens is 4. The quantitative estimate of drug-likeness (QED) is 0.781. The van der Waals surface area contributed by atoms with Crippen LogP contribution in [0, 0.1) is 13.8 Å². The number of rotatable bonds is 4. The minimum absolute atomic E-state index is 0.425. The smallest absolute Gasteiger partial charge is 0.165 e. The standard InChI is InChI=1S/C20H24N6/c1-14-11-15(2)24-19-18(14)20(23-13-22-19)25-16-6-9-26(10-7-16)12-17-5-3-4-8-21-17/h3-5,8,11,13,16H,6-7,9-10,12H2,1-2H3,(H,22,23,24,25). The minimum Gasteiger partial charge on any atom is -0.367 e. The molecule has 0 radical (unpaired) electrons. The third kappa shape index (κ3) is 3.65. The third-order valence-corrected chi connectivity index (χ3v) is 4.97. The summed E-state index contributed by atoms with van der Waals surface area (Å²) in [5.74, 6) is 0.906. The van der Waals surface area contributed by atoms with Crippen molar-refractivity contribution in [1.82, 2.24) is 24.8 Å². The molecule has 0 aliphatic carbocycles. The highest BCUT2D eigenvalue weighted by molar-refractivity contribution is 5.89. The lowest BCUT2D eigenvalue weighted by molar-refractivity contribution is 0.209. The van der Waals surface area contributed by atoms with Crippen molar-refractivity contribution in [3.63, 3.8) is 0 Å². The van der Waals surface area contributed by atoms with Gasteiger partial charge in [-0.2, -0.15) is 0 Å². The van der Waals surface area contributed by atoms with Gasteiger partial charge in [0.2, 0.25) is 0 Å². The summed E-state index contributed by atoms with van der Waals surface area (Å²) in [6, 6.07) is 8.62. The Balaban J connectivity index is 1.43. The topological polar surface area (TPSA) is 66.8 Å². The summed E-state index contributed by atoms with van der Waals surface area (Å²) >= 11 is 0. The van der Waals surface area contributed by atoms with Crippen LogP contribution >= 0.6 is 0 Å². The summed E-state index contributed by atoms with van der Waals surface area (Å²) < 4.78 is 0. The van der Waals surface area contributed by atoms with Crippen molar-refractivity contribution in [1.29, 1.82) is 0 Å². The van der Waals surface area contributed by atoms with E-state index in [9.17, 15) is 0 Å². The maximum Gasteiger partial charge on any atom is 0.165 e. The molecule has 134 valence electrons. The van der Waals surface area contributed by atoms with E-state index in [1.54, 1.807) is 6.33 Å². The van der Waals surface area contributed by atoms with Crippen LogP contribution in [-0.2, 0) is 6.54 Å². The van der Waals surface area contributed by atoms with Crippen molar-refractivity contribution in [3.8, 4) is 0 Å². The van der Waals surface area contributed by atoms with Crippen LogP contribution in [0.1, 0.15) is 29.8 Å². The molecular formula is C20H24N6. The van der Waals surface area contributed by atoms with Crippen molar-refractivity contribution < 1.29 is 0 Å². The lowest BCUT2D eigenvalue weighted by Gasteiger charge is -2.32. The molecule has 0 aromatic carbocycles. The molecule has 4 heterocycles. The molecule has 6 nitrogen and oxygen atoms in total. The second-order valence-electron chi connectivity index (χ2n) is 7.02. The van der Waals surface area contributed by atoms with Crippen molar-refractivity contribution in [2.45, 2.75) is 39.3 Å². The van der Waals surface area contributed by atoms with Crippen molar-refractivity contribution >= 4 is 16.9 Å². The first-order valence-corrected chi connectivity index (χ1v) is 9.17. The first-order valence-electron chi connectivity index (χ1n) is 9.17. The molecule has 26 heavy (non-hydrogen) atoms. The number of hydrogen-bond acceptors (Lipinski definition) is 6. The molecule has 3 aromatic rings. The average molecular weight is 348 g/mol. The molecule has 0 saturated carbocycles. The van der Waals surface area contributed by atoms with Crippen molar-refractivity contribution in [2.75, 3.05) is 18.4 Å². The first-order chi connectivity index (χ1) is 12.7. The molecule has 3 aromatic heterocycles. The molecule has 0 bridgehead atoms. The summed E-state index contributed by atoms with van der Waals surface area (Å²) in [6.45, 7) is 7.15. The maximum absolute atomic E-state index is 4.54. The van der Waals surface area contributed by atoms with Gasteiger partial charge < -0.3 is 5.32 Å². The molecule has 1 aliphatic heterocycles. The summed E-state index contributed by atoms with van der Waals surface area (Å²) in [5.41, 5.74) is 4.07. The van der Waals surface area contributed by atoms with Crippen LogP contribution in [0.4, 0.5) is 5.82 Å². The Bertz CT molecular complexity index is 887. The van der Waals surface area contributed by atoms with E-state index in [0.717, 1.165) is 60.7 Å². The minimum atomic E-state index is 0.425. The predicted octanol–water partition coefficient (Wildman–Crippen LogP) is 3.11. The van der Waals surface area contributed by atoms with E-state index in [2.05, 4.69) is 55.3 Å². The number of pyridine rings is 2. The van der Waals surface area contributed by atoms with E-state index in [4.69, 9.17) is 0 Å². The van der Waals surface area contributed by atoms with Crippen LogP contribution in [-0.4, -0.2) is 44.0 Å². The zero-order chi connectivity index (χ0) is 17.9. The fourth-order valence-electron chi connectivity index (χ4n) is 3.67. The highest BCUT2D eigenvalue weighted by Gasteiger charge is 2.21. The third-order valence-electron chi connectivity index (χ3n) is 4.97. The molecule has 0 atom stereocenters. The second-order valence-corrected chi connectivity index (χ2v) is 7.02. The number of fused-ring (bicyclic) bond motifs is 1. The molecule has 1 fully saturated rings. The van der Waals surface area contributed by atoms with Gasteiger partial charge in [0.1, 0.15) is 12.1 Å². The normalized spacial score (nSPS) is 16.1. The summed E-state index contributed by atoms with van der Waals surface area (Å²) in [5, 5.41) is 4.67. The average Bonchev–Trinajstić information content (AvgIpc) is 2.64. The Morgan fingerprint density at radius 2 is 1.96 bits per heavy atom. The van der Waals surface area contributed by atoms with E-state index in [1.807, 2.05) is 19.2 Å². The van der Waals surface area contributed by atoms with Gasteiger partial charge >= 0.3 is 0 Å². The van der Waals surface area contributed by atoms with Gasteiger partial charge in [0, 0.05) is 37.6 Å². The molecule has 0 unspecified atom stereocenters. The second kappa shape index (κ2) is 7.33. The van der Waals surface area contributed by atoms with E-state index in [1.165, 1.54) is 5.56 Å². The SMILES string of the molecule is Cc1cc(C)c2c(NC3CCN(Cc4ccccn4)CC3)ncnc2n1. The lowest BCUT2D eigenvalue weighted by atomic mass is 10.0. The Kier molecular flexibility index (Phi) is 4.75. The van der Waals surface area contributed by atoms with Gasteiger partial charge in [-0.05, 0) is 50.5 Å². The van der Waals surface area contributed by atoms with Crippen molar-refractivity contribution in [2.24, 2.45) is 0 Å². The molecular weight excluding hydrogens is 324 g/mol. The Morgan fingerprint density at radius 3 is 2.73 bits per heavy atom. The largest absolute Gasteiger partial charge is 0.367 e.